The molecule has 0 aliphatic carbocycles. The lowest BCUT2D eigenvalue weighted by Crippen LogP contribution is -2.06. The molecule has 7 heteroatoms. The van der Waals surface area contributed by atoms with Gasteiger partial charge in [-0.25, -0.2) is 9.97 Å². The van der Waals surface area contributed by atoms with Crippen molar-refractivity contribution in [1.29, 1.82) is 0 Å². The molecular weight excluding hydrogens is 226 g/mol. The number of nitrogen functional groups attached to an aromatic ring is 1. The number of hydrogen-bond acceptors (Lipinski definition) is 6. The molecule has 0 aliphatic rings. The monoisotopic (exact) mass is 239 g/mol. The number of imidazole rings is 1. The maximum absolute atomic E-state index is 8.99. The fourth-order valence-electron chi connectivity index (χ4n) is 1.61. The molecule has 3 N–H and O–H groups in total. The number of nitrogens with two attached hydrogens (primary N) is 1. The molecule has 0 spiro atoms. The molecule has 2 aromatic heterocycles. The Morgan fingerprint density at radius 2 is 2.12 bits per heavy atom. The molecule has 0 saturated carbocycles. The van der Waals surface area contributed by atoms with Gasteiger partial charge in [-0.05, 0) is 13.2 Å². The molecule has 2 heterocycles. The van der Waals surface area contributed by atoms with E-state index in [1.807, 2.05) is 17.7 Å². The first-order valence-corrected chi connectivity index (χ1v) is 6.05. The number of aromatic nitrogens is 4. The molecule has 86 valence electrons. The summed E-state index contributed by atoms with van der Waals surface area (Å²) in [5.74, 6) is 1.04. The van der Waals surface area contributed by atoms with Crippen LogP contribution in [0.15, 0.2) is 5.03 Å². The molecule has 0 bridgehead atoms. The number of fused-ring (bicyclic) bond motifs is 1. The fraction of sp³-hybridized carbons (Fsp3) is 0.444. The highest BCUT2D eigenvalue weighted by Gasteiger charge is 2.14. The smallest absolute Gasteiger partial charge is 0.223 e. The van der Waals surface area contributed by atoms with Crippen molar-refractivity contribution in [3.05, 3.63) is 5.82 Å². The summed E-state index contributed by atoms with van der Waals surface area (Å²) < 4.78 is 1.84. The lowest BCUT2D eigenvalue weighted by molar-refractivity contribution is 0.276. The van der Waals surface area contributed by atoms with Gasteiger partial charge in [-0.1, -0.05) is 0 Å². The van der Waals surface area contributed by atoms with Crippen molar-refractivity contribution in [2.24, 2.45) is 0 Å². The summed E-state index contributed by atoms with van der Waals surface area (Å²) in [5, 5.41) is 9.76. The number of rotatable bonds is 3. The normalized spacial score (nSPS) is 11.2. The molecular formula is C9H13N5OS. The van der Waals surface area contributed by atoms with Crippen molar-refractivity contribution < 1.29 is 5.11 Å². The maximum atomic E-state index is 8.99. The van der Waals surface area contributed by atoms with E-state index >= 15 is 0 Å². The van der Waals surface area contributed by atoms with Gasteiger partial charge in [0.1, 0.15) is 16.4 Å². The summed E-state index contributed by atoms with van der Waals surface area (Å²) in [4.78, 5) is 12.7. The van der Waals surface area contributed by atoms with Crippen LogP contribution < -0.4 is 5.73 Å². The Kier molecular flexibility index (Phi) is 2.97. The summed E-state index contributed by atoms with van der Waals surface area (Å²) in [6, 6.07) is 0. The van der Waals surface area contributed by atoms with E-state index in [-0.39, 0.29) is 12.6 Å². The van der Waals surface area contributed by atoms with Crippen LogP contribution in [0, 0.1) is 6.92 Å². The molecule has 0 saturated heterocycles. The number of aliphatic hydroxyl groups is 1. The first kappa shape index (κ1) is 11.2. The van der Waals surface area contributed by atoms with Crippen LogP contribution >= 0.6 is 11.8 Å². The average Bonchev–Trinajstić information content (AvgIpc) is 2.56. The highest BCUT2D eigenvalue weighted by atomic mass is 32.2. The van der Waals surface area contributed by atoms with E-state index in [4.69, 9.17) is 10.8 Å². The third kappa shape index (κ3) is 1.72. The molecule has 16 heavy (non-hydrogen) atoms. The molecule has 0 fully saturated rings. The SMILES string of the molecule is CSc1nc(N)nc2c1nc(C)n2CCO. The van der Waals surface area contributed by atoms with Crippen molar-refractivity contribution in [2.75, 3.05) is 18.6 Å². The van der Waals surface area contributed by atoms with Gasteiger partial charge in [0, 0.05) is 6.54 Å². The van der Waals surface area contributed by atoms with Gasteiger partial charge in [0.15, 0.2) is 5.65 Å². The summed E-state index contributed by atoms with van der Waals surface area (Å²) in [6.45, 7) is 2.38. The highest BCUT2D eigenvalue weighted by Crippen LogP contribution is 2.24. The Balaban J connectivity index is 2.73. The van der Waals surface area contributed by atoms with Crippen molar-refractivity contribution in [3.63, 3.8) is 0 Å². The minimum atomic E-state index is 0.0464. The third-order valence-corrected chi connectivity index (χ3v) is 2.96. The van der Waals surface area contributed by atoms with Gasteiger partial charge in [0.25, 0.3) is 0 Å². The van der Waals surface area contributed by atoms with Gasteiger partial charge in [0.2, 0.25) is 5.95 Å². The molecule has 0 aromatic carbocycles. The second kappa shape index (κ2) is 4.26. The van der Waals surface area contributed by atoms with Crippen LogP contribution in [-0.2, 0) is 6.54 Å². The van der Waals surface area contributed by atoms with Crippen LogP contribution in [0.25, 0.3) is 11.2 Å². The van der Waals surface area contributed by atoms with Crippen LogP contribution in [-0.4, -0.2) is 37.5 Å². The fourth-order valence-corrected chi connectivity index (χ4v) is 2.13. The van der Waals surface area contributed by atoms with Crippen LogP contribution in [0.5, 0.6) is 0 Å². The van der Waals surface area contributed by atoms with Crippen LogP contribution in [0.1, 0.15) is 5.82 Å². The second-order valence-electron chi connectivity index (χ2n) is 3.30. The zero-order valence-electron chi connectivity index (χ0n) is 9.14. The molecule has 0 aliphatic heterocycles. The van der Waals surface area contributed by atoms with Crippen LogP contribution in [0.4, 0.5) is 5.95 Å². The number of aryl methyl sites for hydroxylation is 1. The molecule has 2 aromatic rings. The Hall–Kier alpha value is -1.34. The maximum Gasteiger partial charge on any atom is 0.223 e. The van der Waals surface area contributed by atoms with E-state index in [0.717, 1.165) is 16.4 Å². The quantitative estimate of drug-likeness (QED) is 0.596. The zero-order valence-corrected chi connectivity index (χ0v) is 9.95. The lowest BCUT2D eigenvalue weighted by atomic mass is 10.5. The van der Waals surface area contributed by atoms with E-state index in [9.17, 15) is 0 Å². The molecule has 6 nitrogen and oxygen atoms in total. The topological polar surface area (TPSA) is 89.9 Å². The van der Waals surface area contributed by atoms with Crippen LogP contribution in [0.2, 0.25) is 0 Å². The van der Waals surface area contributed by atoms with Gasteiger partial charge in [-0.15, -0.1) is 11.8 Å². The Labute approximate surface area is 96.9 Å². The Morgan fingerprint density at radius 3 is 2.75 bits per heavy atom. The van der Waals surface area contributed by atoms with Crippen molar-refractivity contribution in [2.45, 2.75) is 18.5 Å². The molecule has 2 rings (SSSR count). The minimum absolute atomic E-state index is 0.0464. The Morgan fingerprint density at radius 1 is 1.38 bits per heavy atom. The Bertz CT molecular complexity index is 524. The number of hydrogen-bond donors (Lipinski definition) is 2. The average molecular weight is 239 g/mol. The van der Waals surface area contributed by atoms with Gasteiger partial charge < -0.3 is 15.4 Å². The van der Waals surface area contributed by atoms with E-state index in [2.05, 4.69) is 15.0 Å². The zero-order chi connectivity index (χ0) is 11.7. The van der Waals surface area contributed by atoms with Gasteiger partial charge in [0.05, 0.1) is 6.61 Å². The van der Waals surface area contributed by atoms with Gasteiger partial charge >= 0.3 is 0 Å². The first-order valence-electron chi connectivity index (χ1n) is 4.82. The summed E-state index contributed by atoms with van der Waals surface area (Å²) in [6.07, 6.45) is 1.92. The summed E-state index contributed by atoms with van der Waals surface area (Å²) in [5.41, 5.74) is 7.06. The van der Waals surface area contributed by atoms with Gasteiger partial charge in [-0.2, -0.15) is 4.98 Å². The molecule has 0 amide bonds. The number of aliphatic hydroxyl groups excluding tert-OH is 1. The summed E-state index contributed by atoms with van der Waals surface area (Å²) in [7, 11) is 0. The van der Waals surface area contributed by atoms with E-state index in [1.54, 1.807) is 0 Å². The second-order valence-corrected chi connectivity index (χ2v) is 4.09. The lowest BCUT2D eigenvalue weighted by Gasteiger charge is -2.03. The largest absolute Gasteiger partial charge is 0.395 e. The van der Waals surface area contributed by atoms with E-state index in [1.165, 1.54) is 11.8 Å². The van der Waals surface area contributed by atoms with Crippen molar-refractivity contribution >= 4 is 28.9 Å². The standard InChI is InChI=1S/C9H13N5OS/c1-5-11-6-7(14(5)3-4-15)12-9(10)13-8(6)16-2/h15H,3-4H2,1-2H3,(H2,10,12,13). The van der Waals surface area contributed by atoms with E-state index in [0.29, 0.717) is 12.2 Å². The highest BCUT2D eigenvalue weighted by molar-refractivity contribution is 7.98. The number of thioether (sulfide) groups is 1. The van der Waals surface area contributed by atoms with Gasteiger partial charge in [-0.3, -0.25) is 0 Å². The predicted octanol–water partition coefficient (Wildman–Crippen LogP) is 0.431. The van der Waals surface area contributed by atoms with Crippen molar-refractivity contribution in [3.8, 4) is 0 Å². The van der Waals surface area contributed by atoms with Crippen LogP contribution in [0.3, 0.4) is 0 Å². The predicted molar refractivity (Wildman–Crippen MR) is 63.3 cm³/mol. The molecule has 0 atom stereocenters. The third-order valence-electron chi connectivity index (χ3n) is 2.29. The van der Waals surface area contributed by atoms with Crippen molar-refractivity contribution in [1.82, 2.24) is 19.5 Å². The first-order chi connectivity index (χ1) is 7.67. The minimum Gasteiger partial charge on any atom is -0.395 e. The molecule has 0 unspecified atom stereocenters. The molecule has 0 radical (unpaired) electrons. The number of anilines is 1. The number of nitrogens with zero attached hydrogens (tertiary/aromatic N) is 4. The summed E-state index contributed by atoms with van der Waals surface area (Å²) >= 11 is 1.48. The van der Waals surface area contributed by atoms with E-state index < -0.39 is 0 Å².